The zero-order chi connectivity index (χ0) is 13.7. The van der Waals surface area contributed by atoms with E-state index in [2.05, 4.69) is 0 Å². The van der Waals surface area contributed by atoms with Gasteiger partial charge < -0.3 is 4.74 Å². The van der Waals surface area contributed by atoms with Crippen LogP contribution in [-0.2, 0) is 16.1 Å². The molecule has 1 aliphatic rings. The van der Waals surface area contributed by atoms with Crippen molar-refractivity contribution < 1.29 is 14.5 Å². The molecular formula is C14H17NO4. The molecule has 0 aromatic heterocycles. The van der Waals surface area contributed by atoms with E-state index in [1.165, 1.54) is 0 Å². The number of rotatable bonds is 4. The standard InChI is InChI=1S/C14H17NO4/c16-14(19-10-11-6-2-1-3-7-11)12-8-4-5-9-13(12)15(17)18/h1-3,6-7,12-13H,4-5,8-10H2/t12-,13-/m1/s1. The van der Waals surface area contributed by atoms with Gasteiger partial charge in [-0.15, -0.1) is 0 Å². The lowest BCUT2D eigenvalue weighted by atomic mass is 9.85. The molecule has 0 heterocycles. The van der Waals surface area contributed by atoms with Crippen molar-refractivity contribution >= 4 is 5.97 Å². The van der Waals surface area contributed by atoms with Crippen LogP contribution >= 0.6 is 0 Å². The van der Waals surface area contributed by atoms with Gasteiger partial charge in [-0.05, 0) is 18.4 Å². The van der Waals surface area contributed by atoms with Crippen LogP contribution in [0.1, 0.15) is 31.2 Å². The number of esters is 1. The molecule has 2 rings (SSSR count). The van der Waals surface area contributed by atoms with Crippen molar-refractivity contribution in [3.63, 3.8) is 0 Å². The molecule has 1 aromatic carbocycles. The summed E-state index contributed by atoms with van der Waals surface area (Å²) in [5.41, 5.74) is 0.893. The highest BCUT2D eigenvalue weighted by atomic mass is 16.6. The number of carbonyl (C=O) groups excluding carboxylic acids is 1. The van der Waals surface area contributed by atoms with Crippen molar-refractivity contribution in [3.05, 3.63) is 46.0 Å². The Hall–Kier alpha value is -1.91. The Morgan fingerprint density at radius 3 is 2.63 bits per heavy atom. The largest absolute Gasteiger partial charge is 0.460 e. The van der Waals surface area contributed by atoms with Gasteiger partial charge in [0.1, 0.15) is 12.5 Å². The molecule has 102 valence electrons. The lowest BCUT2D eigenvalue weighted by Gasteiger charge is -2.23. The Bertz CT molecular complexity index is 446. The monoisotopic (exact) mass is 263 g/mol. The highest BCUT2D eigenvalue weighted by molar-refractivity contribution is 5.73. The van der Waals surface area contributed by atoms with Crippen LogP contribution in [-0.4, -0.2) is 16.9 Å². The van der Waals surface area contributed by atoms with E-state index in [9.17, 15) is 14.9 Å². The number of benzene rings is 1. The summed E-state index contributed by atoms with van der Waals surface area (Å²) in [4.78, 5) is 22.6. The van der Waals surface area contributed by atoms with E-state index in [-0.39, 0.29) is 11.5 Å². The maximum Gasteiger partial charge on any atom is 0.316 e. The zero-order valence-electron chi connectivity index (χ0n) is 10.7. The number of nitrogens with zero attached hydrogens (tertiary/aromatic N) is 1. The fraction of sp³-hybridized carbons (Fsp3) is 0.500. The molecule has 5 nitrogen and oxygen atoms in total. The molecule has 0 radical (unpaired) electrons. The van der Waals surface area contributed by atoms with E-state index in [4.69, 9.17) is 4.74 Å². The molecule has 1 fully saturated rings. The number of nitro groups is 1. The average molecular weight is 263 g/mol. The summed E-state index contributed by atoms with van der Waals surface area (Å²) < 4.78 is 5.20. The second-order valence-electron chi connectivity index (χ2n) is 4.84. The Kier molecular flexibility index (Phi) is 4.49. The first-order valence-electron chi connectivity index (χ1n) is 6.52. The summed E-state index contributed by atoms with van der Waals surface area (Å²) in [5.74, 6) is -1.03. The molecule has 0 aliphatic heterocycles. The van der Waals surface area contributed by atoms with Gasteiger partial charge in [0.05, 0.1) is 0 Å². The fourth-order valence-electron chi connectivity index (χ4n) is 2.47. The van der Waals surface area contributed by atoms with Crippen molar-refractivity contribution in [2.24, 2.45) is 5.92 Å². The highest BCUT2D eigenvalue weighted by Crippen LogP contribution is 2.27. The van der Waals surface area contributed by atoms with Crippen LogP contribution in [0.25, 0.3) is 0 Å². The first-order chi connectivity index (χ1) is 9.18. The Balaban J connectivity index is 1.93. The third-order valence-corrected chi connectivity index (χ3v) is 3.53. The Morgan fingerprint density at radius 1 is 1.26 bits per heavy atom. The smallest absolute Gasteiger partial charge is 0.316 e. The van der Waals surface area contributed by atoms with Gasteiger partial charge in [0.2, 0.25) is 6.04 Å². The maximum atomic E-state index is 12.0. The molecule has 5 heteroatoms. The van der Waals surface area contributed by atoms with Crippen LogP contribution in [0.4, 0.5) is 0 Å². The lowest BCUT2D eigenvalue weighted by Crippen LogP contribution is -2.38. The molecule has 0 unspecified atom stereocenters. The van der Waals surface area contributed by atoms with Gasteiger partial charge in [0, 0.05) is 11.3 Å². The maximum absolute atomic E-state index is 12.0. The van der Waals surface area contributed by atoms with Crippen molar-refractivity contribution in [1.29, 1.82) is 0 Å². The van der Waals surface area contributed by atoms with E-state index < -0.39 is 17.9 Å². The third-order valence-electron chi connectivity index (χ3n) is 3.53. The van der Waals surface area contributed by atoms with E-state index >= 15 is 0 Å². The normalized spacial score (nSPS) is 22.7. The summed E-state index contributed by atoms with van der Waals surface area (Å²) in [5, 5.41) is 10.9. The number of ether oxygens (including phenoxy) is 1. The molecule has 0 amide bonds. The van der Waals surface area contributed by atoms with Gasteiger partial charge in [-0.3, -0.25) is 14.9 Å². The quantitative estimate of drug-likeness (QED) is 0.475. The highest BCUT2D eigenvalue weighted by Gasteiger charge is 2.40. The molecule has 0 spiro atoms. The summed E-state index contributed by atoms with van der Waals surface area (Å²) >= 11 is 0. The van der Waals surface area contributed by atoms with E-state index in [0.717, 1.165) is 18.4 Å². The summed E-state index contributed by atoms with van der Waals surface area (Å²) in [6.07, 6.45) is 2.70. The minimum Gasteiger partial charge on any atom is -0.460 e. The molecule has 0 bridgehead atoms. The molecule has 19 heavy (non-hydrogen) atoms. The van der Waals surface area contributed by atoms with Crippen LogP contribution < -0.4 is 0 Å². The van der Waals surface area contributed by atoms with Gasteiger partial charge in [-0.2, -0.15) is 0 Å². The van der Waals surface area contributed by atoms with Crippen LogP contribution in [0.3, 0.4) is 0 Å². The Morgan fingerprint density at radius 2 is 1.95 bits per heavy atom. The lowest BCUT2D eigenvalue weighted by molar-refractivity contribution is -0.533. The molecule has 0 saturated heterocycles. The van der Waals surface area contributed by atoms with Gasteiger partial charge in [-0.1, -0.05) is 36.8 Å². The molecule has 2 atom stereocenters. The van der Waals surface area contributed by atoms with Gasteiger partial charge >= 0.3 is 5.97 Å². The predicted octanol–water partition coefficient (Wildman–Crippen LogP) is 2.57. The van der Waals surface area contributed by atoms with Crippen LogP contribution in [0.15, 0.2) is 30.3 Å². The van der Waals surface area contributed by atoms with Gasteiger partial charge in [0.25, 0.3) is 0 Å². The van der Waals surface area contributed by atoms with Gasteiger partial charge in [0.15, 0.2) is 0 Å². The van der Waals surface area contributed by atoms with E-state index in [0.29, 0.717) is 12.8 Å². The van der Waals surface area contributed by atoms with E-state index in [1.807, 2.05) is 30.3 Å². The Labute approximate surface area is 111 Å². The predicted molar refractivity (Wildman–Crippen MR) is 69.0 cm³/mol. The van der Waals surface area contributed by atoms with Crippen molar-refractivity contribution in [1.82, 2.24) is 0 Å². The number of carbonyl (C=O) groups is 1. The molecular weight excluding hydrogens is 246 g/mol. The second kappa shape index (κ2) is 6.31. The van der Waals surface area contributed by atoms with Crippen molar-refractivity contribution in [3.8, 4) is 0 Å². The minimum absolute atomic E-state index is 0.181. The summed E-state index contributed by atoms with van der Waals surface area (Å²) in [6.45, 7) is 0.181. The molecule has 1 saturated carbocycles. The van der Waals surface area contributed by atoms with Crippen LogP contribution in [0.5, 0.6) is 0 Å². The first-order valence-corrected chi connectivity index (χ1v) is 6.52. The SMILES string of the molecule is O=C(OCc1ccccc1)[C@@H]1CCCC[C@H]1[N+](=O)[O-]. The van der Waals surface area contributed by atoms with Crippen molar-refractivity contribution in [2.45, 2.75) is 38.3 Å². The van der Waals surface area contributed by atoms with Gasteiger partial charge in [-0.25, -0.2) is 0 Å². The third kappa shape index (κ3) is 3.53. The number of hydrogen-bond acceptors (Lipinski definition) is 4. The summed E-state index contributed by atoms with van der Waals surface area (Å²) in [6, 6.07) is 8.55. The van der Waals surface area contributed by atoms with Crippen LogP contribution in [0, 0.1) is 16.0 Å². The summed E-state index contributed by atoms with van der Waals surface area (Å²) in [7, 11) is 0. The second-order valence-corrected chi connectivity index (χ2v) is 4.84. The topological polar surface area (TPSA) is 69.4 Å². The minimum atomic E-state index is -0.781. The van der Waals surface area contributed by atoms with Crippen molar-refractivity contribution in [2.75, 3.05) is 0 Å². The number of hydrogen-bond donors (Lipinski definition) is 0. The van der Waals surface area contributed by atoms with Crippen LogP contribution in [0.2, 0.25) is 0 Å². The van der Waals surface area contributed by atoms with E-state index in [1.54, 1.807) is 0 Å². The molecule has 1 aliphatic carbocycles. The average Bonchev–Trinajstić information content (AvgIpc) is 2.46. The molecule has 1 aromatic rings. The fourth-order valence-corrected chi connectivity index (χ4v) is 2.47. The zero-order valence-corrected chi connectivity index (χ0v) is 10.7. The first kappa shape index (κ1) is 13.5. The molecule has 0 N–H and O–H groups in total.